The van der Waals surface area contributed by atoms with Crippen LogP contribution in [-0.4, -0.2) is 20.0 Å². The molecule has 0 radical (unpaired) electrons. The zero-order valence-corrected chi connectivity index (χ0v) is 11.8. The van der Waals surface area contributed by atoms with Crippen molar-refractivity contribution in [1.29, 1.82) is 0 Å². The third kappa shape index (κ3) is 2.22. The second kappa shape index (κ2) is 4.87. The molecule has 3 N–H and O–H groups in total. The van der Waals surface area contributed by atoms with E-state index in [2.05, 4.69) is 24.0 Å². The number of H-pyrrole nitrogens is 1. The van der Waals surface area contributed by atoms with Crippen LogP contribution in [0.1, 0.15) is 57.6 Å². The number of hydrogen-bond acceptors (Lipinski definition) is 3. The van der Waals surface area contributed by atoms with Crippen molar-refractivity contribution >= 4 is 16.9 Å². The van der Waals surface area contributed by atoms with Crippen LogP contribution in [0.4, 0.5) is 5.82 Å². The Bertz CT molecular complexity index is 560. The molecule has 0 spiro atoms. The summed E-state index contributed by atoms with van der Waals surface area (Å²) in [5, 5.41) is 13.1. The first-order valence-corrected chi connectivity index (χ1v) is 7.37. The minimum atomic E-state index is 0.572. The van der Waals surface area contributed by atoms with E-state index < -0.39 is 0 Å². The molecule has 2 aromatic heterocycles. The first-order valence-electron chi connectivity index (χ1n) is 7.37. The lowest BCUT2D eigenvalue weighted by Crippen LogP contribution is -2.05. The highest BCUT2D eigenvalue weighted by Gasteiger charge is 2.26. The Morgan fingerprint density at radius 3 is 2.79 bits per heavy atom. The Morgan fingerprint density at radius 2 is 2.11 bits per heavy atom. The molecular formula is C14H23N5. The average molecular weight is 261 g/mol. The van der Waals surface area contributed by atoms with Crippen molar-refractivity contribution in [2.75, 3.05) is 5.73 Å². The van der Waals surface area contributed by atoms with Gasteiger partial charge < -0.3 is 5.73 Å². The maximum absolute atomic E-state index is 6.04. The Balaban J connectivity index is 1.98. The van der Waals surface area contributed by atoms with Crippen LogP contribution >= 0.6 is 0 Å². The third-order valence-corrected chi connectivity index (χ3v) is 4.16. The van der Waals surface area contributed by atoms with Gasteiger partial charge in [0.05, 0.1) is 11.1 Å². The Hall–Kier alpha value is -1.52. The molecule has 2 heterocycles. The number of hydrogen-bond donors (Lipinski definition) is 2. The van der Waals surface area contributed by atoms with E-state index in [9.17, 15) is 0 Å². The quantitative estimate of drug-likeness (QED) is 0.888. The summed E-state index contributed by atoms with van der Waals surface area (Å²) >= 11 is 0. The molecule has 0 saturated heterocycles. The summed E-state index contributed by atoms with van der Waals surface area (Å²) in [6, 6.07) is 0. The van der Waals surface area contributed by atoms with Crippen LogP contribution < -0.4 is 5.73 Å². The van der Waals surface area contributed by atoms with Crippen molar-refractivity contribution in [3.8, 4) is 0 Å². The fourth-order valence-corrected chi connectivity index (χ4v) is 3.03. The second-order valence-corrected chi connectivity index (χ2v) is 6.11. The van der Waals surface area contributed by atoms with Crippen molar-refractivity contribution < 1.29 is 0 Å². The molecule has 5 nitrogen and oxygen atoms in total. The number of anilines is 1. The molecule has 1 aliphatic carbocycles. The lowest BCUT2D eigenvalue weighted by molar-refractivity contribution is 0.487. The first kappa shape index (κ1) is 12.5. The summed E-state index contributed by atoms with van der Waals surface area (Å²) in [4.78, 5) is 0. The van der Waals surface area contributed by atoms with Crippen LogP contribution in [0.2, 0.25) is 0 Å². The van der Waals surface area contributed by atoms with Crippen LogP contribution in [0.25, 0.3) is 11.0 Å². The molecule has 1 saturated carbocycles. The fourth-order valence-electron chi connectivity index (χ4n) is 3.03. The fraction of sp³-hybridized carbons (Fsp3) is 0.714. The van der Waals surface area contributed by atoms with E-state index in [0.29, 0.717) is 17.7 Å². The summed E-state index contributed by atoms with van der Waals surface area (Å²) in [6.07, 6.45) is 6.21. The molecule has 0 atom stereocenters. The predicted molar refractivity (Wildman–Crippen MR) is 77.0 cm³/mol. The van der Waals surface area contributed by atoms with Gasteiger partial charge in [0, 0.05) is 12.5 Å². The van der Waals surface area contributed by atoms with Gasteiger partial charge in [-0.05, 0) is 25.2 Å². The molecule has 0 bridgehead atoms. The lowest BCUT2D eigenvalue weighted by Gasteiger charge is -2.07. The molecule has 1 fully saturated rings. The number of rotatable bonds is 4. The van der Waals surface area contributed by atoms with Gasteiger partial charge in [-0.15, -0.1) is 0 Å². The molecule has 19 heavy (non-hydrogen) atoms. The molecule has 2 aromatic rings. The van der Waals surface area contributed by atoms with Crippen molar-refractivity contribution in [3.05, 3.63) is 5.69 Å². The van der Waals surface area contributed by atoms with E-state index in [1.807, 2.05) is 4.68 Å². The largest absolute Gasteiger partial charge is 0.383 e. The summed E-state index contributed by atoms with van der Waals surface area (Å²) in [5.74, 6) is 1.92. The molecule has 3 rings (SSSR count). The Morgan fingerprint density at radius 1 is 1.37 bits per heavy atom. The van der Waals surface area contributed by atoms with Gasteiger partial charge in [-0.2, -0.15) is 10.2 Å². The normalized spacial score (nSPS) is 17.0. The maximum atomic E-state index is 6.04. The summed E-state index contributed by atoms with van der Waals surface area (Å²) in [7, 11) is 0. The first-order chi connectivity index (χ1) is 9.16. The molecule has 0 amide bonds. The highest BCUT2D eigenvalue weighted by molar-refractivity contribution is 5.89. The highest BCUT2D eigenvalue weighted by atomic mass is 15.3. The van der Waals surface area contributed by atoms with Crippen molar-refractivity contribution in [2.24, 2.45) is 5.92 Å². The van der Waals surface area contributed by atoms with Gasteiger partial charge in [0.1, 0.15) is 5.82 Å². The van der Waals surface area contributed by atoms with Crippen molar-refractivity contribution in [2.45, 2.75) is 58.4 Å². The van der Waals surface area contributed by atoms with Crippen molar-refractivity contribution in [3.63, 3.8) is 0 Å². The monoisotopic (exact) mass is 261 g/mol. The predicted octanol–water partition coefficient (Wildman–Crippen LogP) is 3.05. The zero-order valence-electron chi connectivity index (χ0n) is 11.8. The SMILES string of the molecule is CC(C)CCn1nc(C2CCCC2)c2c(N)[nH]nc21. The maximum Gasteiger partial charge on any atom is 0.182 e. The van der Waals surface area contributed by atoms with E-state index in [1.54, 1.807) is 0 Å². The topological polar surface area (TPSA) is 72.5 Å². The van der Waals surface area contributed by atoms with Crippen LogP contribution in [0, 0.1) is 5.92 Å². The number of aromatic nitrogens is 4. The van der Waals surface area contributed by atoms with Gasteiger partial charge in [0.25, 0.3) is 0 Å². The van der Waals surface area contributed by atoms with E-state index in [4.69, 9.17) is 10.8 Å². The molecule has 0 unspecified atom stereocenters. The number of nitrogen functional groups attached to an aromatic ring is 1. The molecule has 5 heteroatoms. The van der Waals surface area contributed by atoms with Crippen LogP contribution in [0.5, 0.6) is 0 Å². The van der Waals surface area contributed by atoms with Crippen LogP contribution in [0.3, 0.4) is 0 Å². The molecule has 0 aromatic carbocycles. The summed E-state index contributed by atoms with van der Waals surface area (Å²) in [5.41, 5.74) is 8.14. The van der Waals surface area contributed by atoms with Crippen LogP contribution in [0.15, 0.2) is 0 Å². The molecule has 1 aliphatic rings. The number of fused-ring (bicyclic) bond motifs is 1. The average Bonchev–Trinajstić information content (AvgIpc) is 3.05. The second-order valence-electron chi connectivity index (χ2n) is 6.11. The van der Waals surface area contributed by atoms with E-state index in [0.717, 1.165) is 24.0 Å². The van der Waals surface area contributed by atoms with Gasteiger partial charge >= 0.3 is 0 Å². The minimum Gasteiger partial charge on any atom is -0.383 e. The van der Waals surface area contributed by atoms with Gasteiger partial charge in [0.15, 0.2) is 5.65 Å². The van der Waals surface area contributed by atoms with Crippen LogP contribution in [-0.2, 0) is 6.54 Å². The highest BCUT2D eigenvalue weighted by Crippen LogP contribution is 2.38. The van der Waals surface area contributed by atoms with Gasteiger partial charge in [-0.3, -0.25) is 5.10 Å². The number of aryl methyl sites for hydroxylation is 1. The van der Waals surface area contributed by atoms with E-state index >= 15 is 0 Å². The van der Waals surface area contributed by atoms with Gasteiger partial charge in [-0.1, -0.05) is 26.7 Å². The molecule has 0 aliphatic heterocycles. The number of nitrogens with one attached hydrogen (secondary N) is 1. The molecular weight excluding hydrogens is 238 g/mol. The zero-order chi connectivity index (χ0) is 13.4. The lowest BCUT2D eigenvalue weighted by atomic mass is 10.0. The Kier molecular flexibility index (Phi) is 3.21. The number of nitrogens with zero attached hydrogens (tertiary/aromatic N) is 3. The summed E-state index contributed by atoms with van der Waals surface area (Å²) < 4.78 is 2.04. The van der Waals surface area contributed by atoms with Gasteiger partial charge in [0.2, 0.25) is 0 Å². The van der Waals surface area contributed by atoms with Gasteiger partial charge in [-0.25, -0.2) is 4.68 Å². The number of nitrogens with two attached hydrogens (primary N) is 1. The Labute approximate surface area is 113 Å². The summed E-state index contributed by atoms with van der Waals surface area (Å²) in [6.45, 7) is 5.39. The van der Waals surface area contributed by atoms with E-state index in [1.165, 1.54) is 31.4 Å². The van der Waals surface area contributed by atoms with Crippen molar-refractivity contribution in [1.82, 2.24) is 20.0 Å². The molecule has 104 valence electrons. The number of aromatic amines is 1. The minimum absolute atomic E-state index is 0.572. The third-order valence-electron chi connectivity index (χ3n) is 4.16. The smallest absolute Gasteiger partial charge is 0.182 e. The standard InChI is InChI=1S/C14H23N5/c1-9(2)7-8-19-14-11(13(15)16-17-14)12(18-19)10-5-3-4-6-10/h9-10H,3-8H2,1-2H3,(H3,15,16,17). The van der Waals surface area contributed by atoms with E-state index in [-0.39, 0.29) is 0 Å².